The van der Waals surface area contributed by atoms with Crippen molar-refractivity contribution < 1.29 is 12.8 Å². The molecule has 1 saturated heterocycles. The van der Waals surface area contributed by atoms with E-state index < -0.39 is 10.2 Å². The first kappa shape index (κ1) is 19.6. The highest BCUT2D eigenvalue weighted by molar-refractivity contribution is 7.87. The summed E-state index contributed by atoms with van der Waals surface area (Å²) < 4.78 is 44.1. The predicted molar refractivity (Wildman–Crippen MR) is 109 cm³/mol. The Morgan fingerprint density at radius 2 is 1.75 bits per heavy atom. The fourth-order valence-electron chi connectivity index (χ4n) is 3.98. The van der Waals surface area contributed by atoms with Crippen LogP contribution in [0.5, 0.6) is 0 Å². The Balaban J connectivity index is 1.38. The molecule has 0 spiro atoms. The van der Waals surface area contributed by atoms with Gasteiger partial charge in [0.2, 0.25) is 0 Å². The van der Waals surface area contributed by atoms with Crippen molar-refractivity contribution in [2.75, 3.05) is 31.1 Å². The first-order chi connectivity index (χ1) is 13.4. The highest BCUT2D eigenvalue weighted by Gasteiger charge is 2.50. The van der Waals surface area contributed by atoms with Crippen LogP contribution in [0.2, 0.25) is 5.02 Å². The van der Waals surface area contributed by atoms with Crippen LogP contribution < -0.4 is 9.62 Å². The number of rotatable bonds is 5. The largest absolute Gasteiger partial charge is 0.367 e. The van der Waals surface area contributed by atoms with Gasteiger partial charge in [0.15, 0.2) is 0 Å². The standard InChI is InChI=1S/C20H23ClFN3O2S/c1-14-19(15-5-3-2-4-6-15)20(14)23-28(26,27)25-11-9-24(10-12-25)18-8-7-16(21)13-17(18)22/h2-8,13-14,19-20,23H,9-12H2,1H3/t14-,19-,20+/m1/s1. The molecule has 5 nitrogen and oxygen atoms in total. The molecule has 1 saturated carbocycles. The molecule has 2 aromatic carbocycles. The molecular formula is C20H23ClFN3O2S. The summed E-state index contributed by atoms with van der Waals surface area (Å²) in [6.45, 7) is 3.55. The van der Waals surface area contributed by atoms with Crippen LogP contribution in [0, 0.1) is 11.7 Å². The van der Waals surface area contributed by atoms with Gasteiger partial charge in [0.05, 0.1) is 5.69 Å². The number of nitrogens with zero attached hydrogens (tertiary/aromatic N) is 2. The molecule has 3 atom stereocenters. The number of hydrogen-bond donors (Lipinski definition) is 1. The second-order valence-electron chi connectivity index (χ2n) is 7.43. The van der Waals surface area contributed by atoms with Gasteiger partial charge in [-0.25, -0.2) is 4.39 Å². The maximum atomic E-state index is 14.1. The van der Waals surface area contributed by atoms with E-state index in [1.165, 1.54) is 10.4 Å². The summed E-state index contributed by atoms with van der Waals surface area (Å²) in [5.41, 5.74) is 1.61. The molecule has 4 rings (SSSR count). The average molecular weight is 424 g/mol. The molecule has 2 fully saturated rings. The fourth-order valence-corrected chi connectivity index (χ4v) is 5.64. The molecule has 1 aliphatic carbocycles. The first-order valence-corrected chi connectivity index (χ1v) is 11.2. The lowest BCUT2D eigenvalue weighted by molar-refractivity contribution is 0.376. The first-order valence-electron chi connectivity index (χ1n) is 9.39. The Kier molecular flexibility index (Phi) is 5.35. The van der Waals surface area contributed by atoms with Crippen LogP contribution in [0.1, 0.15) is 18.4 Å². The summed E-state index contributed by atoms with van der Waals surface area (Å²) in [4.78, 5) is 1.85. The van der Waals surface area contributed by atoms with Gasteiger partial charge < -0.3 is 4.90 Å². The molecule has 28 heavy (non-hydrogen) atoms. The maximum absolute atomic E-state index is 14.1. The maximum Gasteiger partial charge on any atom is 0.279 e. The number of piperazine rings is 1. The molecule has 1 N–H and O–H groups in total. The molecule has 0 aromatic heterocycles. The molecule has 1 heterocycles. The van der Waals surface area contributed by atoms with Crippen molar-refractivity contribution in [3.05, 3.63) is 64.9 Å². The normalized spacial score (nSPS) is 25.7. The number of hydrogen-bond acceptors (Lipinski definition) is 3. The van der Waals surface area contributed by atoms with Crippen molar-refractivity contribution in [3.63, 3.8) is 0 Å². The molecular weight excluding hydrogens is 401 g/mol. The summed E-state index contributed by atoms with van der Waals surface area (Å²) in [6.07, 6.45) is 0. The molecule has 0 amide bonds. The summed E-state index contributed by atoms with van der Waals surface area (Å²) >= 11 is 5.81. The Morgan fingerprint density at radius 3 is 2.39 bits per heavy atom. The number of anilines is 1. The van der Waals surface area contributed by atoms with Gasteiger partial charge in [0.1, 0.15) is 5.82 Å². The monoisotopic (exact) mass is 423 g/mol. The van der Waals surface area contributed by atoms with E-state index >= 15 is 0 Å². The van der Waals surface area contributed by atoms with Crippen LogP contribution in [0.3, 0.4) is 0 Å². The van der Waals surface area contributed by atoms with Crippen molar-refractivity contribution in [1.29, 1.82) is 0 Å². The molecule has 2 aromatic rings. The lowest BCUT2D eigenvalue weighted by Gasteiger charge is -2.35. The van der Waals surface area contributed by atoms with Crippen LogP contribution in [0.25, 0.3) is 0 Å². The molecule has 1 aliphatic heterocycles. The highest BCUT2D eigenvalue weighted by Crippen LogP contribution is 2.47. The van der Waals surface area contributed by atoms with Gasteiger partial charge in [-0.2, -0.15) is 17.4 Å². The topological polar surface area (TPSA) is 52.7 Å². The smallest absolute Gasteiger partial charge is 0.279 e. The Bertz CT molecular complexity index is 949. The molecule has 0 bridgehead atoms. The van der Waals surface area contributed by atoms with Crippen molar-refractivity contribution in [2.24, 2.45) is 5.92 Å². The Hall–Kier alpha value is -1.67. The lowest BCUT2D eigenvalue weighted by atomic mass is 10.1. The van der Waals surface area contributed by atoms with Crippen molar-refractivity contribution in [2.45, 2.75) is 18.9 Å². The van der Waals surface area contributed by atoms with E-state index in [2.05, 4.69) is 11.6 Å². The van der Waals surface area contributed by atoms with Crippen molar-refractivity contribution >= 4 is 27.5 Å². The third kappa shape index (κ3) is 3.89. The summed E-state index contributed by atoms with van der Waals surface area (Å²) in [5.74, 6) is 0.0847. The zero-order chi connectivity index (χ0) is 19.9. The SMILES string of the molecule is C[C@H]1[C@H](NS(=O)(=O)N2CCN(c3ccc(Cl)cc3F)CC2)[C@H]1c1ccccc1. The zero-order valence-corrected chi connectivity index (χ0v) is 17.1. The summed E-state index contributed by atoms with van der Waals surface area (Å²) in [6, 6.07) is 14.4. The molecule has 0 radical (unpaired) electrons. The quantitative estimate of drug-likeness (QED) is 0.803. The molecule has 150 valence electrons. The second-order valence-corrected chi connectivity index (χ2v) is 9.56. The predicted octanol–water partition coefficient (Wildman–Crippen LogP) is 3.24. The fraction of sp³-hybridized carbons (Fsp3) is 0.400. The van der Waals surface area contributed by atoms with E-state index in [1.807, 2.05) is 35.2 Å². The van der Waals surface area contributed by atoms with E-state index in [-0.39, 0.29) is 23.7 Å². The van der Waals surface area contributed by atoms with Gasteiger partial charge in [-0.15, -0.1) is 0 Å². The number of nitrogens with one attached hydrogen (secondary N) is 1. The second kappa shape index (κ2) is 7.63. The molecule has 8 heteroatoms. The van der Waals surface area contributed by atoms with Crippen molar-refractivity contribution in [3.8, 4) is 0 Å². The van der Waals surface area contributed by atoms with Gasteiger partial charge in [-0.05, 0) is 29.7 Å². The van der Waals surface area contributed by atoms with E-state index in [9.17, 15) is 12.8 Å². The van der Waals surface area contributed by atoms with E-state index in [0.717, 1.165) is 5.56 Å². The third-order valence-electron chi connectivity index (χ3n) is 5.68. The van der Waals surface area contributed by atoms with E-state index in [1.54, 1.807) is 12.1 Å². The van der Waals surface area contributed by atoms with Gasteiger partial charge in [0.25, 0.3) is 10.2 Å². The Labute approximate surface area is 170 Å². The van der Waals surface area contributed by atoms with Crippen LogP contribution >= 0.6 is 11.6 Å². The molecule has 2 aliphatic rings. The lowest BCUT2D eigenvalue weighted by Crippen LogP contribution is -2.52. The van der Waals surface area contributed by atoms with E-state index in [0.29, 0.717) is 36.9 Å². The highest BCUT2D eigenvalue weighted by atomic mass is 35.5. The number of benzene rings is 2. The van der Waals surface area contributed by atoms with Gasteiger partial charge >= 0.3 is 0 Å². The Morgan fingerprint density at radius 1 is 1.07 bits per heavy atom. The van der Waals surface area contributed by atoms with Crippen LogP contribution in [-0.4, -0.2) is 44.9 Å². The van der Waals surface area contributed by atoms with E-state index in [4.69, 9.17) is 11.6 Å². The number of halogens is 2. The van der Waals surface area contributed by atoms with Crippen LogP contribution in [0.15, 0.2) is 48.5 Å². The van der Waals surface area contributed by atoms with Crippen LogP contribution in [-0.2, 0) is 10.2 Å². The summed E-state index contributed by atoms with van der Waals surface area (Å²) in [7, 11) is -3.57. The van der Waals surface area contributed by atoms with Crippen LogP contribution in [0.4, 0.5) is 10.1 Å². The zero-order valence-electron chi connectivity index (χ0n) is 15.6. The average Bonchev–Trinajstić information content (AvgIpc) is 3.30. The van der Waals surface area contributed by atoms with Gasteiger partial charge in [-0.1, -0.05) is 48.9 Å². The van der Waals surface area contributed by atoms with Crippen molar-refractivity contribution in [1.82, 2.24) is 9.03 Å². The minimum absolute atomic E-state index is 0.0841. The van der Waals surface area contributed by atoms with Gasteiger partial charge in [-0.3, -0.25) is 0 Å². The van der Waals surface area contributed by atoms with Gasteiger partial charge in [0, 0.05) is 43.2 Å². The minimum Gasteiger partial charge on any atom is -0.367 e. The summed E-state index contributed by atoms with van der Waals surface area (Å²) in [5, 5.41) is 0.346. The minimum atomic E-state index is -3.57. The third-order valence-corrected chi connectivity index (χ3v) is 7.53. The molecule has 0 unspecified atom stereocenters.